The van der Waals surface area contributed by atoms with Gasteiger partial charge in [0.25, 0.3) is 0 Å². The third-order valence-corrected chi connectivity index (χ3v) is 3.30. The van der Waals surface area contributed by atoms with Gasteiger partial charge in [0.2, 0.25) is 11.8 Å². The molecule has 0 aliphatic carbocycles. The number of aliphatic carboxylic acids is 1. The molecule has 1 unspecified atom stereocenters. The molecule has 0 aromatic carbocycles. The second kappa shape index (κ2) is 9.15. The highest BCUT2D eigenvalue weighted by atomic mass is 16.5. The number of hydrogen-bond acceptors (Lipinski definition) is 5. The largest absolute Gasteiger partial charge is 0.481 e. The van der Waals surface area contributed by atoms with E-state index in [-0.39, 0.29) is 6.42 Å². The lowest BCUT2D eigenvalue weighted by Crippen LogP contribution is -2.12. The third-order valence-electron chi connectivity index (χ3n) is 3.30. The minimum Gasteiger partial charge on any atom is -0.481 e. The molecule has 1 rings (SSSR count). The number of ether oxygens (including phenoxy) is 1. The van der Waals surface area contributed by atoms with E-state index in [0.717, 1.165) is 25.1 Å². The van der Waals surface area contributed by atoms with E-state index in [0.29, 0.717) is 30.8 Å². The summed E-state index contributed by atoms with van der Waals surface area (Å²) in [7, 11) is 0. The SMILES string of the molecule is CCOc1cc(C)nc(NCCC(CC)CCC(=O)O)n1. The molecule has 0 saturated heterocycles. The molecular weight excluding hydrogens is 270 g/mol. The Morgan fingerprint density at radius 2 is 2.14 bits per heavy atom. The molecule has 1 heterocycles. The monoisotopic (exact) mass is 295 g/mol. The maximum atomic E-state index is 10.6. The number of aromatic nitrogens is 2. The first kappa shape index (κ1) is 17.2. The molecule has 118 valence electrons. The molecule has 0 radical (unpaired) electrons. The standard InChI is InChI=1S/C15H25N3O3/c1-4-12(6-7-14(19)20)8-9-16-15-17-11(3)10-13(18-15)21-5-2/h10,12H,4-9H2,1-3H3,(H,19,20)(H,16,17,18). The number of carboxylic acid groups (broad SMARTS) is 1. The molecular formula is C15H25N3O3. The van der Waals surface area contributed by atoms with Crippen LogP contribution in [0.1, 0.15) is 45.2 Å². The summed E-state index contributed by atoms with van der Waals surface area (Å²) < 4.78 is 5.38. The summed E-state index contributed by atoms with van der Waals surface area (Å²) in [6.07, 6.45) is 2.83. The van der Waals surface area contributed by atoms with Crippen molar-refractivity contribution in [2.75, 3.05) is 18.5 Å². The van der Waals surface area contributed by atoms with Gasteiger partial charge in [-0.25, -0.2) is 4.98 Å². The number of hydrogen-bond donors (Lipinski definition) is 2. The van der Waals surface area contributed by atoms with Gasteiger partial charge in [-0.3, -0.25) is 4.79 Å². The molecule has 0 saturated carbocycles. The van der Waals surface area contributed by atoms with Gasteiger partial charge >= 0.3 is 5.97 Å². The molecule has 6 heteroatoms. The molecule has 0 aliphatic rings. The Balaban J connectivity index is 2.45. The van der Waals surface area contributed by atoms with Gasteiger partial charge in [0.15, 0.2) is 0 Å². The van der Waals surface area contributed by atoms with Crippen LogP contribution in [0.5, 0.6) is 5.88 Å². The third kappa shape index (κ3) is 6.92. The van der Waals surface area contributed by atoms with Gasteiger partial charge in [0.05, 0.1) is 6.61 Å². The molecule has 0 amide bonds. The zero-order valence-corrected chi connectivity index (χ0v) is 13.1. The van der Waals surface area contributed by atoms with Gasteiger partial charge < -0.3 is 15.2 Å². The fourth-order valence-electron chi connectivity index (χ4n) is 2.11. The Morgan fingerprint density at radius 1 is 1.38 bits per heavy atom. The number of rotatable bonds is 10. The summed E-state index contributed by atoms with van der Waals surface area (Å²) in [5, 5.41) is 11.9. The van der Waals surface area contributed by atoms with E-state index in [1.165, 1.54) is 0 Å². The molecule has 0 spiro atoms. The number of nitrogens with zero attached hydrogens (tertiary/aromatic N) is 2. The normalized spacial score (nSPS) is 12.0. The van der Waals surface area contributed by atoms with Crippen LogP contribution < -0.4 is 10.1 Å². The van der Waals surface area contributed by atoms with E-state index in [1.54, 1.807) is 6.07 Å². The molecule has 0 fully saturated rings. The maximum absolute atomic E-state index is 10.6. The number of anilines is 1. The van der Waals surface area contributed by atoms with Crippen molar-refractivity contribution >= 4 is 11.9 Å². The van der Waals surface area contributed by atoms with Crippen LogP contribution in [0, 0.1) is 12.8 Å². The van der Waals surface area contributed by atoms with Crippen LogP contribution >= 0.6 is 0 Å². The number of aryl methyl sites for hydroxylation is 1. The van der Waals surface area contributed by atoms with Crippen molar-refractivity contribution in [1.82, 2.24) is 9.97 Å². The Hall–Kier alpha value is -1.85. The minimum atomic E-state index is -0.732. The second-order valence-corrected chi connectivity index (χ2v) is 5.03. The van der Waals surface area contributed by atoms with Crippen LogP contribution in [0.4, 0.5) is 5.95 Å². The predicted molar refractivity (Wildman–Crippen MR) is 81.7 cm³/mol. The summed E-state index contributed by atoms with van der Waals surface area (Å²) in [5.74, 6) is 0.812. The molecule has 0 bridgehead atoms. The molecule has 1 atom stereocenters. The van der Waals surface area contributed by atoms with Gasteiger partial charge in [-0.2, -0.15) is 4.98 Å². The Labute approximate surface area is 126 Å². The lowest BCUT2D eigenvalue weighted by atomic mass is 9.97. The first-order valence-electron chi connectivity index (χ1n) is 7.49. The van der Waals surface area contributed by atoms with Gasteiger partial charge in [-0.15, -0.1) is 0 Å². The molecule has 1 aromatic rings. The highest BCUT2D eigenvalue weighted by Crippen LogP contribution is 2.16. The van der Waals surface area contributed by atoms with Crippen LogP contribution in [-0.2, 0) is 4.79 Å². The van der Waals surface area contributed by atoms with Crippen LogP contribution in [0.2, 0.25) is 0 Å². The maximum Gasteiger partial charge on any atom is 0.303 e. The Kier molecular flexibility index (Phi) is 7.50. The minimum absolute atomic E-state index is 0.230. The van der Waals surface area contributed by atoms with Crippen LogP contribution in [0.25, 0.3) is 0 Å². The van der Waals surface area contributed by atoms with Crippen molar-refractivity contribution in [3.8, 4) is 5.88 Å². The average molecular weight is 295 g/mol. The lowest BCUT2D eigenvalue weighted by molar-refractivity contribution is -0.137. The zero-order valence-electron chi connectivity index (χ0n) is 13.1. The van der Waals surface area contributed by atoms with Crippen molar-refractivity contribution in [2.24, 2.45) is 5.92 Å². The van der Waals surface area contributed by atoms with Crippen molar-refractivity contribution in [3.63, 3.8) is 0 Å². The summed E-state index contributed by atoms with van der Waals surface area (Å²) in [4.78, 5) is 19.2. The number of carbonyl (C=O) groups is 1. The Morgan fingerprint density at radius 3 is 2.76 bits per heavy atom. The van der Waals surface area contributed by atoms with Crippen molar-refractivity contribution in [1.29, 1.82) is 0 Å². The van der Waals surface area contributed by atoms with E-state index in [9.17, 15) is 4.79 Å². The lowest BCUT2D eigenvalue weighted by Gasteiger charge is -2.14. The number of nitrogens with one attached hydrogen (secondary N) is 1. The molecule has 1 aromatic heterocycles. The van der Waals surface area contributed by atoms with Gasteiger partial charge in [-0.05, 0) is 32.6 Å². The fraction of sp³-hybridized carbons (Fsp3) is 0.667. The molecule has 21 heavy (non-hydrogen) atoms. The van der Waals surface area contributed by atoms with E-state index in [4.69, 9.17) is 9.84 Å². The van der Waals surface area contributed by atoms with Crippen LogP contribution in [0.15, 0.2) is 6.07 Å². The van der Waals surface area contributed by atoms with Crippen molar-refractivity contribution < 1.29 is 14.6 Å². The first-order chi connectivity index (χ1) is 10.0. The van der Waals surface area contributed by atoms with Gasteiger partial charge in [-0.1, -0.05) is 13.3 Å². The van der Waals surface area contributed by atoms with Crippen LogP contribution in [0.3, 0.4) is 0 Å². The molecule has 2 N–H and O–H groups in total. The topological polar surface area (TPSA) is 84.3 Å². The summed E-state index contributed by atoms with van der Waals surface area (Å²) in [6.45, 7) is 7.20. The average Bonchev–Trinajstić information content (AvgIpc) is 2.42. The summed E-state index contributed by atoms with van der Waals surface area (Å²) >= 11 is 0. The summed E-state index contributed by atoms with van der Waals surface area (Å²) in [5.41, 5.74) is 0.855. The highest BCUT2D eigenvalue weighted by Gasteiger charge is 2.09. The van der Waals surface area contributed by atoms with Crippen LogP contribution in [-0.4, -0.2) is 34.2 Å². The summed E-state index contributed by atoms with van der Waals surface area (Å²) in [6, 6.07) is 1.80. The van der Waals surface area contributed by atoms with E-state index < -0.39 is 5.97 Å². The van der Waals surface area contributed by atoms with E-state index in [2.05, 4.69) is 22.2 Å². The molecule has 0 aliphatic heterocycles. The number of carboxylic acids is 1. The van der Waals surface area contributed by atoms with E-state index in [1.807, 2.05) is 13.8 Å². The zero-order chi connectivity index (χ0) is 15.7. The fourth-order valence-corrected chi connectivity index (χ4v) is 2.11. The smallest absolute Gasteiger partial charge is 0.303 e. The van der Waals surface area contributed by atoms with Crippen molar-refractivity contribution in [3.05, 3.63) is 11.8 Å². The second-order valence-electron chi connectivity index (χ2n) is 5.03. The quantitative estimate of drug-likeness (QED) is 0.690. The van der Waals surface area contributed by atoms with Gasteiger partial charge in [0.1, 0.15) is 0 Å². The van der Waals surface area contributed by atoms with Crippen molar-refractivity contribution in [2.45, 2.75) is 46.5 Å². The predicted octanol–water partition coefficient (Wildman–Crippen LogP) is 2.88. The highest BCUT2D eigenvalue weighted by molar-refractivity contribution is 5.66. The first-order valence-corrected chi connectivity index (χ1v) is 7.49. The van der Waals surface area contributed by atoms with E-state index >= 15 is 0 Å². The molecule has 6 nitrogen and oxygen atoms in total. The Bertz CT molecular complexity index is 452. The van der Waals surface area contributed by atoms with Gasteiger partial charge in [0, 0.05) is 24.7 Å².